The number of amides is 2. The lowest BCUT2D eigenvalue weighted by molar-refractivity contribution is -0.139. The lowest BCUT2D eigenvalue weighted by Gasteiger charge is -2.33. The average molecular weight is 649 g/mol. The molecule has 4 rings (SSSR count). The third-order valence-corrected chi connectivity index (χ3v) is 10.7. The molecule has 0 spiro atoms. The minimum absolute atomic E-state index is 0.0505. The number of thioether (sulfide) groups is 1. The van der Waals surface area contributed by atoms with E-state index < -0.39 is 28.5 Å². The second-order valence-electron chi connectivity index (χ2n) is 10.4. The van der Waals surface area contributed by atoms with Gasteiger partial charge in [-0.05, 0) is 81.5 Å². The van der Waals surface area contributed by atoms with E-state index in [1.165, 1.54) is 28.8 Å². The summed E-state index contributed by atoms with van der Waals surface area (Å²) in [6.07, 6.45) is 5.76. The van der Waals surface area contributed by atoms with Crippen molar-refractivity contribution < 1.29 is 18.0 Å². The van der Waals surface area contributed by atoms with E-state index in [1.807, 2.05) is 13.2 Å². The monoisotopic (exact) mass is 647 g/mol. The molecule has 1 aliphatic rings. The molecule has 1 saturated carbocycles. The van der Waals surface area contributed by atoms with E-state index in [9.17, 15) is 18.0 Å². The molecule has 0 saturated heterocycles. The molecule has 3 aromatic rings. The lowest BCUT2D eigenvalue weighted by atomic mass is 10.1. The van der Waals surface area contributed by atoms with Crippen LogP contribution in [0.15, 0.2) is 76.5 Å². The summed E-state index contributed by atoms with van der Waals surface area (Å²) >= 11 is 14.4. The van der Waals surface area contributed by atoms with Gasteiger partial charge in [-0.15, -0.1) is 11.8 Å². The van der Waals surface area contributed by atoms with Gasteiger partial charge in [0.25, 0.3) is 10.0 Å². The molecule has 0 unspecified atom stereocenters. The Morgan fingerprint density at radius 2 is 1.57 bits per heavy atom. The molecule has 42 heavy (non-hydrogen) atoms. The zero-order chi connectivity index (χ0) is 30.4. The first kappa shape index (κ1) is 32.2. The van der Waals surface area contributed by atoms with Crippen LogP contribution in [0.3, 0.4) is 0 Å². The van der Waals surface area contributed by atoms with Crippen molar-refractivity contribution in [3.63, 3.8) is 0 Å². The third kappa shape index (κ3) is 7.61. The molecule has 1 aliphatic carbocycles. The van der Waals surface area contributed by atoms with Crippen LogP contribution in [-0.2, 0) is 26.2 Å². The standard InChI is InChI=1S/C31H35Cl2N3O4S2/c1-21-11-13-24(14-12-21)36(42(39,40)26-17-15-25(41-3)16-18-26)20-30(37)35(19-27-28(32)9-6-10-29(27)33)22(2)31(38)34-23-7-4-5-8-23/h6,9-18,22-23H,4-5,7-8,19-20H2,1-3H3,(H,34,38)/t22-/m0/s1. The van der Waals surface area contributed by atoms with Gasteiger partial charge < -0.3 is 10.2 Å². The molecule has 2 amide bonds. The molecular formula is C31H35Cl2N3O4S2. The number of nitrogens with one attached hydrogen (secondary N) is 1. The van der Waals surface area contributed by atoms with Crippen LogP contribution < -0.4 is 9.62 Å². The number of benzene rings is 3. The Labute approximate surface area is 262 Å². The Morgan fingerprint density at radius 1 is 0.976 bits per heavy atom. The van der Waals surface area contributed by atoms with Gasteiger partial charge in [0, 0.05) is 33.1 Å². The van der Waals surface area contributed by atoms with Crippen molar-refractivity contribution in [2.45, 2.75) is 68.0 Å². The Morgan fingerprint density at radius 3 is 2.14 bits per heavy atom. The molecule has 224 valence electrons. The van der Waals surface area contributed by atoms with E-state index in [-0.39, 0.29) is 23.4 Å². The second-order valence-corrected chi connectivity index (χ2v) is 14.0. The minimum Gasteiger partial charge on any atom is -0.352 e. The van der Waals surface area contributed by atoms with Gasteiger partial charge in [0.05, 0.1) is 10.6 Å². The van der Waals surface area contributed by atoms with E-state index >= 15 is 0 Å². The fourth-order valence-electron chi connectivity index (χ4n) is 4.94. The summed E-state index contributed by atoms with van der Waals surface area (Å²) in [7, 11) is -4.15. The number of rotatable bonds is 11. The zero-order valence-electron chi connectivity index (χ0n) is 23.8. The summed E-state index contributed by atoms with van der Waals surface area (Å²) in [4.78, 5) is 29.8. The molecule has 0 aromatic heterocycles. The fraction of sp³-hybridized carbons (Fsp3) is 0.355. The van der Waals surface area contributed by atoms with Crippen molar-refractivity contribution in [1.29, 1.82) is 0 Å². The van der Waals surface area contributed by atoms with E-state index in [2.05, 4.69) is 5.32 Å². The van der Waals surface area contributed by atoms with Crippen LogP contribution in [0.5, 0.6) is 0 Å². The number of carbonyl (C=O) groups excluding carboxylic acids is 2. The highest BCUT2D eigenvalue weighted by molar-refractivity contribution is 7.98. The third-order valence-electron chi connectivity index (χ3n) is 7.51. The summed E-state index contributed by atoms with van der Waals surface area (Å²) in [5, 5.41) is 3.75. The number of nitrogens with zero attached hydrogens (tertiary/aromatic N) is 2. The van der Waals surface area contributed by atoms with Gasteiger partial charge >= 0.3 is 0 Å². The number of halogens is 2. The van der Waals surface area contributed by atoms with Crippen molar-refractivity contribution in [2.24, 2.45) is 0 Å². The predicted octanol–water partition coefficient (Wildman–Crippen LogP) is 6.70. The highest BCUT2D eigenvalue weighted by atomic mass is 35.5. The van der Waals surface area contributed by atoms with E-state index in [1.54, 1.807) is 61.5 Å². The van der Waals surface area contributed by atoms with Gasteiger partial charge in [-0.1, -0.05) is 59.8 Å². The Balaban J connectivity index is 1.71. The summed E-state index contributed by atoms with van der Waals surface area (Å²) in [6, 6.07) is 17.6. The van der Waals surface area contributed by atoms with E-state index in [4.69, 9.17) is 23.2 Å². The highest BCUT2D eigenvalue weighted by Gasteiger charge is 2.34. The van der Waals surface area contributed by atoms with Gasteiger partial charge in [-0.2, -0.15) is 0 Å². The Kier molecular flexibility index (Phi) is 10.9. The predicted molar refractivity (Wildman–Crippen MR) is 171 cm³/mol. The SMILES string of the molecule is CSc1ccc(S(=O)(=O)N(CC(=O)N(Cc2c(Cl)cccc2Cl)[C@@H](C)C(=O)NC2CCCC2)c2ccc(C)cc2)cc1. The van der Waals surface area contributed by atoms with Crippen LogP contribution in [0.4, 0.5) is 5.69 Å². The van der Waals surface area contributed by atoms with Gasteiger partial charge in [0.1, 0.15) is 12.6 Å². The number of carbonyl (C=O) groups is 2. The second kappa shape index (κ2) is 14.2. The molecule has 11 heteroatoms. The maximum atomic E-state index is 14.1. The number of sulfonamides is 1. The van der Waals surface area contributed by atoms with E-state index in [0.29, 0.717) is 21.3 Å². The van der Waals surface area contributed by atoms with Gasteiger partial charge in [-0.3, -0.25) is 13.9 Å². The summed E-state index contributed by atoms with van der Waals surface area (Å²) < 4.78 is 29.1. The summed E-state index contributed by atoms with van der Waals surface area (Å²) in [6.45, 7) is 2.94. The van der Waals surface area contributed by atoms with Crippen molar-refractivity contribution in [1.82, 2.24) is 10.2 Å². The first-order valence-corrected chi connectivity index (χ1v) is 17.2. The maximum absolute atomic E-state index is 14.1. The number of aryl methyl sites for hydroxylation is 1. The largest absolute Gasteiger partial charge is 0.352 e. The number of anilines is 1. The lowest BCUT2D eigenvalue weighted by Crippen LogP contribution is -2.52. The summed E-state index contributed by atoms with van der Waals surface area (Å²) in [5.41, 5.74) is 1.76. The van der Waals surface area contributed by atoms with Crippen LogP contribution in [-0.4, -0.2) is 50.0 Å². The van der Waals surface area contributed by atoms with Crippen molar-refractivity contribution in [2.75, 3.05) is 17.1 Å². The quantitative estimate of drug-likeness (QED) is 0.234. The topological polar surface area (TPSA) is 86.8 Å². The maximum Gasteiger partial charge on any atom is 0.264 e. The van der Waals surface area contributed by atoms with Crippen LogP contribution >= 0.6 is 35.0 Å². The minimum atomic E-state index is -4.15. The van der Waals surface area contributed by atoms with Gasteiger partial charge in [0.15, 0.2) is 0 Å². The van der Waals surface area contributed by atoms with Crippen molar-refractivity contribution >= 4 is 62.5 Å². The molecule has 1 fully saturated rings. The van der Waals surface area contributed by atoms with Crippen molar-refractivity contribution in [3.8, 4) is 0 Å². The first-order chi connectivity index (χ1) is 20.0. The molecule has 0 heterocycles. The average Bonchev–Trinajstić information content (AvgIpc) is 3.49. The molecule has 7 nitrogen and oxygen atoms in total. The number of hydrogen-bond donors (Lipinski definition) is 1. The number of hydrogen-bond acceptors (Lipinski definition) is 5. The van der Waals surface area contributed by atoms with Crippen LogP contribution in [0.2, 0.25) is 10.0 Å². The van der Waals surface area contributed by atoms with Crippen LogP contribution in [0.1, 0.15) is 43.7 Å². The fourth-order valence-corrected chi connectivity index (χ4v) is 7.28. The zero-order valence-corrected chi connectivity index (χ0v) is 27.0. The van der Waals surface area contributed by atoms with Gasteiger partial charge in [-0.25, -0.2) is 8.42 Å². The normalized spacial score (nSPS) is 14.4. The van der Waals surface area contributed by atoms with Gasteiger partial charge in [0.2, 0.25) is 11.8 Å². The van der Waals surface area contributed by atoms with Crippen molar-refractivity contribution in [3.05, 3.63) is 87.9 Å². The Bertz CT molecular complexity index is 1490. The molecular weight excluding hydrogens is 613 g/mol. The van der Waals surface area contributed by atoms with Crippen LogP contribution in [0, 0.1) is 6.92 Å². The van der Waals surface area contributed by atoms with E-state index in [0.717, 1.165) is 40.4 Å². The molecule has 0 aliphatic heterocycles. The van der Waals surface area contributed by atoms with Crippen LogP contribution in [0.25, 0.3) is 0 Å². The smallest absolute Gasteiger partial charge is 0.264 e. The molecule has 1 atom stereocenters. The highest BCUT2D eigenvalue weighted by Crippen LogP contribution is 2.29. The Hall–Kier alpha value is -2.72. The summed E-state index contributed by atoms with van der Waals surface area (Å²) in [5.74, 6) is -0.874. The molecule has 3 aromatic carbocycles. The first-order valence-electron chi connectivity index (χ1n) is 13.8. The molecule has 1 N–H and O–H groups in total. The molecule has 0 bridgehead atoms. The molecule has 0 radical (unpaired) electrons.